The van der Waals surface area contributed by atoms with Crippen molar-refractivity contribution in [2.45, 2.75) is 57.5 Å². The molecule has 5 heteroatoms. The van der Waals surface area contributed by atoms with E-state index in [0.29, 0.717) is 6.04 Å². The first kappa shape index (κ1) is 15.5. The van der Waals surface area contributed by atoms with E-state index in [1.807, 2.05) is 38.1 Å². The SMILES string of the molecule is CCC(C)NS(=O)(=O)Cc1ccc(CNC2CC2)cc1. The summed E-state index contributed by atoms with van der Waals surface area (Å²) in [5.74, 6) is 0.0493. The predicted molar refractivity (Wildman–Crippen MR) is 81.8 cm³/mol. The Balaban J connectivity index is 1.88. The zero-order chi connectivity index (χ0) is 14.6. The molecule has 1 aromatic rings. The molecule has 1 aromatic carbocycles. The Morgan fingerprint density at radius 2 is 1.80 bits per heavy atom. The molecule has 0 radical (unpaired) electrons. The molecule has 1 saturated carbocycles. The molecule has 0 bridgehead atoms. The summed E-state index contributed by atoms with van der Waals surface area (Å²) in [6.07, 6.45) is 3.35. The van der Waals surface area contributed by atoms with Crippen molar-refractivity contribution in [1.82, 2.24) is 10.0 Å². The molecule has 1 aliphatic carbocycles. The van der Waals surface area contributed by atoms with E-state index >= 15 is 0 Å². The Hall–Kier alpha value is -0.910. The van der Waals surface area contributed by atoms with Crippen molar-refractivity contribution in [2.24, 2.45) is 0 Å². The van der Waals surface area contributed by atoms with Gasteiger partial charge in [-0.25, -0.2) is 13.1 Å². The summed E-state index contributed by atoms with van der Waals surface area (Å²) in [6, 6.07) is 8.49. The van der Waals surface area contributed by atoms with Gasteiger partial charge in [-0.15, -0.1) is 0 Å². The van der Waals surface area contributed by atoms with Gasteiger partial charge in [-0.2, -0.15) is 0 Å². The number of benzene rings is 1. The van der Waals surface area contributed by atoms with Gasteiger partial charge in [-0.3, -0.25) is 0 Å². The summed E-state index contributed by atoms with van der Waals surface area (Å²) in [4.78, 5) is 0. The minimum atomic E-state index is -3.24. The van der Waals surface area contributed by atoms with Crippen LogP contribution in [0.4, 0.5) is 0 Å². The van der Waals surface area contributed by atoms with Gasteiger partial charge in [-0.1, -0.05) is 31.2 Å². The molecule has 1 unspecified atom stereocenters. The number of rotatable bonds is 8. The summed E-state index contributed by atoms with van der Waals surface area (Å²) in [5, 5.41) is 3.44. The van der Waals surface area contributed by atoms with Gasteiger partial charge >= 0.3 is 0 Å². The van der Waals surface area contributed by atoms with E-state index in [1.54, 1.807) is 0 Å². The van der Waals surface area contributed by atoms with Crippen LogP contribution in [0.1, 0.15) is 44.2 Å². The second kappa shape index (κ2) is 6.70. The monoisotopic (exact) mass is 296 g/mol. The number of hydrogen-bond donors (Lipinski definition) is 2. The van der Waals surface area contributed by atoms with Gasteiger partial charge in [0.15, 0.2) is 0 Å². The van der Waals surface area contributed by atoms with Gasteiger partial charge in [-0.05, 0) is 37.3 Å². The van der Waals surface area contributed by atoms with Crippen LogP contribution < -0.4 is 10.0 Å². The van der Waals surface area contributed by atoms with Crippen LogP contribution in [0.25, 0.3) is 0 Å². The van der Waals surface area contributed by atoms with E-state index in [-0.39, 0.29) is 11.8 Å². The van der Waals surface area contributed by atoms with Crippen LogP contribution in [0.5, 0.6) is 0 Å². The maximum atomic E-state index is 12.0. The molecule has 2 N–H and O–H groups in total. The van der Waals surface area contributed by atoms with Crippen LogP contribution in [-0.4, -0.2) is 20.5 Å². The lowest BCUT2D eigenvalue weighted by Gasteiger charge is -2.12. The molecule has 0 heterocycles. The zero-order valence-electron chi connectivity index (χ0n) is 12.2. The molecule has 0 spiro atoms. The highest BCUT2D eigenvalue weighted by molar-refractivity contribution is 7.88. The summed E-state index contributed by atoms with van der Waals surface area (Å²) in [6.45, 7) is 4.71. The van der Waals surface area contributed by atoms with Crippen LogP contribution in [0.3, 0.4) is 0 Å². The van der Waals surface area contributed by atoms with Gasteiger partial charge < -0.3 is 5.32 Å². The highest BCUT2D eigenvalue weighted by atomic mass is 32.2. The smallest absolute Gasteiger partial charge is 0.216 e. The lowest BCUT2D eigenvalue weighted by Crippen LogP contribution is -2.32. The largest absolute Gasteiger partial charge is 0.310 e. The Labute approximate surface area is 122 Å². The molecule has 2 rings (SSSR count). The van der Waals surface area contributed by atoms with Crippen LogP contribution in [-0.2, 0) is 22.3 Å². The Morgan fingerprint density at radius 1 is 1.20 bits per heavy atom. The van der Waals surface area contributed by atoms with E-state index in [0.717, 1.165) is 18.5 Å². The fourth-order valence-electron chi connectivity index (χ4n) is 1.95. The molecule has 4 nitrogen and oxygen atoms in total. The fraction of sp³-hybridized carbons (Fsp3) is 0.600. The van der Waals surface area contributed by atoms with Crippen LogP contribution in [0.2, 0.25) is 0 Å². The predicted octanol–water partition coefficient (Wildman–Crippen LogP) is 2.16. The van der Waals surface area contributed by atoms with Crippen molar-refractivity contribution < 1.29 is 8.42 Å². The van der Waals surface area contributed by atoms with Crippen molar-refractivity contribution in [3.63, 3.8) is 0 Å². The summed E-state index contributed by atoms with van der Waals surface area (Å²) < 4.78 is 26.6. The zero-order valence-corrected chi connectivity index (χ0v) is 13.0. The lowest BCUT2D eigenvalue weighted by molar-refractivity contribution is 0.555. The molecule has 20 heavy (non-hydrogen) atoms. The van der Waals surface area contributed by atoms with Crippen molar-refractivity contribution in [3.05, 3.63) is 35.4 Å². The van der Waals surface area contributed by atoms with Gasteiger partial charge in [0.2, 0.25) is 10.0 Å². The third-order valence-electron chi connectivity index (χ3n) is 3.54. The number of nitrogens with one attached hydrogen (secondary N) is 2. The second-order valence-corrected chi connectivity index (χ2v) is 7.41. The van der Waals surface area contributed by atoms with E-state index in [9.17, 15) is 8.42 Å². The third-order valence-corrected chi connectivity index (χ3v) is 5.02. The van der Waals surface area contributed by atoms with E-state index in [2.05, 4.69) is 10.0 Å². The highest BCUT2D eigenvalue weighted by Gasteiger charge is 2.20. The normalized spacial score (nSPS) is 17.1. The maximum Gasteiger partial charge on any atom is 0.216 e. The average Bonchev–Trinajstić information content (AvgIpc) is 3.21. The summed E-state index contributed by atoms with van der Waals surface area (Å²) >= 11 is 0. The summed E-state index contributed by atoms with van der Waals surface area (Å²) in [7, 11) is -3.24. The van der Waals surface area contributed by atoms with Crippen molar-refractivity contribution in [1.29, 1.82) is 0 Å². The Morgan fingerprint density at radius 3 is 2.35 bits per heavy atom. The molecule has 1 fully saturated rings. The molecule has 0 aromatic heterocycles. The molecular weight excluding hydrogens is 272 g/mol. The first-order valence-corrected chi connectivity index (χ1v) is 8.95. The minimum Gasteiger partial charge on any atom is -0.310 e. The Bertz CT molecular complexity index is 521. The lowest BCUT2D eigenvalue weighted by atomic mass is 10.1. The molecule has 1 atom stereocenters. The average molecular weight is 296 g/mol. The quantitative estimate of drug-likeness (QED) is 0.773. The van der Waals surface area contributed by atoms with Crippen LogP contribution >= 0.6 is 0 Å². The first-order chi connectivity index (χ1) is 9.48. The molecular formula is C15H24N2O2S. The van der Waals surface area contributed by atoms with Crippen molar-refractivity contribution >= 4 is 10.0 Å². The fourth-order valence-corrected chi connectivity index (χ4v) is 3.45. The second-order valence-electron chi connectivity index (χ2n) is 5.66. The third kappa shape index (κ3) is 5.23. The maximum absolute atomic E-state index is 12.0. The topological polar surface area (TPSA) is 58.2 Å². The van der Waals surface area contributed by atoms with Gasteiger partial charge in [0, 0.05) is 18.6 Å². The minimum absolute atomic E-state index is 0.0120. The molecule has 0 aliphatic heterocycles. The molecule has 1 aliphatic rings. The molecule has 0 saturated heterocycles. The van der Waals surface area contributed by atoms with Crippen LogP contribution in [0.15, 0.2) is 24.3 Å². The Kier molecular flexibility index (Phi) is 5.18. The van der Waals surface area contributed by atoms with E-state index < -0.39 is 10.0 Å². The molecule has 112 valence electrons. The standard InChI is InChI=1S/C15H24N2O2S/c1-3-12(2)17-20(18,19)11-14-6-4-13(5-7-14)10-16-15-8-9-15/h4-7,12,15-17H,3,8-11H2,1-2H3. The number of sulfonamides is 1. The van der Waals surface area contributed by atoms with E-state index in [4.69, 9.17) is 0 Å². The summed E-state index contributed by atoms with van der Waals surface area (Å²) in [5.41, 5.74) is 2.03. The van der Waals surface area contributed by atoms with Crippen LogP contribution in [0, 0.1) is 0 Å². The first-order valence-electron chi connectivity index (χ1n) is 7.29. The van der Waals surface area contributed by atoms with Gasteiger partial charge in [0.25, 0.3) is 0 Å². The number of hydrogen-bond acceptors (Lipinski definition) is 3. The van der Waals surface area contributed by atoms with Gasteiger partial charge in [0.1, 0.15) is 0 Å². The van der Waals surface area contributed by atoms with Crippen molar-refractivity contribution in [2.75, 3.05) is 0 Å². The van der Waals surface area contributed by atoms with Crippen molar-refractivity contribution in [3.8, 4) is 0 Å². The van der Waals surface area contributed by atoms with Gasteiger partial charge in [0.05, 0.1) is 5.75 Å². The van der Waals surface area contributed by atoms with E-state index in [1.165, 1.54) is 18.4 Å². The highest BCUT2D eigenvalue weighted by Crippen LogP contribution is 2.19. The molecule has 0 amide bonds.